The Kier molecular flexibility index (Phi) is 4.65. The minimum absolute atomic E-state index is 0.170. The lowest BCUT2D eigenvalue weighted by Gasteiger charge is -2.21. The molecule has 148 valence electrons. The number of sulfonamides is 1. The lowest BCUT2D eigenvalue weighted by Crippen LogP contribution is -2.27. The maximum atomic E-state index is 13.3. The zero-order chi connectivity index (χ0) is 20.9. The van der Waals surface area contributed by atoms with Gasteiger partial charge < -0.3 is 14.0 Å². The van der Waals surface area contributed by atoms with E-state index in [0.29, 0.717) is 27.8 Å². The van der Waals surface area contributed by atoms with Gasteiger partial charge in [0, 0.05) is 29.8 Å². The first kappa shape index (κ1) is 19.5. The summed E-state index contributed by atoms with van der Waals surface area (Å²) < 4.78 is 44.1. The van der Waals surface area contributed by atoms with E-state index in [2.05, 4.69) is 5.32 Å². The molecular formula is C20H18BFN2O4S. The van der Waals surface area contributed by atoms with Crippen LogP contribution < -0.4 is 9.53 Å². The minimum atomic E-state index is -3.69. The minimum Gasteiger partial charge on any atom is -0.455 e. The molecule has 1 aromatic heterocycles. The van der Waals surface area contributed by atoms with Crippen LogP contribution >= 0.6 is 0 Å². The number of nitrogens with one attached hydrogen (secondary N) is 1. The average Bonchev–Trinajstić information content (AvgIpc) is 3.46. The number of halogens is 1. The van der Waals surface area contributed by atoms with Crippen LogP contribution in [0.5, 0.6) is 0 Å². The fraction of sp³-hybridized carbons (Fsp3) is 0.250. The fourth-order valence-electron chi connectivity index (χ4n) is 3.39. The van der Waals surface area contributed by atoms with Crippen molar-refractivity contribution >= 4 is 40.6 Å². The Bertz CT molecular complexity index is 1220. The number of hydrogen-bond acceptors (Lipinski definition) is 4. The lowest BCUT2D eigenvalue weighted by atomic mass is 10.00. The van der Waals surface area contributed by atoms with E-state index in [1.54, 1.807) is 12.1 Å². The molecule has 1 N–H and O–H groups in total. The topological polar surface area (TPSA) is 79.6 Å². The summed E-state index contributed by atoms with van der Waals surface area (Å²) in [5, 5.41) is 3.16. The first-order chi connectivity index (χ1) is 13.7. The van der Waals surface area contributed by atoms with Gasteiger partial charge in [0.2, 0.25) is 10.0 Å². The third-order valence-electron chi connectivity index (χ3n) is 5.01. The number of nitrogens with zero attached hydrogens (tertiary/aromatic N) is 1. The molecule has 0 spiro atoms. The molecule has 1 fully saturated rings. The maximum Gasteiger partial charge on any atom is 0.255 e. The van der Waals surface area contributed by atoms with E-state index in [1.165, 1.54) is 31.3 Å². The van der Waals surface area contributed by atoms with E-state index in [4.69, 9.17) is 12.4 Å². The summed E-state index contributed by atoms with van der Waals surface area (Å²) in [5.41, 5.74) is 2.24. The predicted octanol–water partition coefficient (Wildman–Crippen LogP) is 3.33. The predicted molar refractivity (Wildman–Crippen MR) is 110 cm³/mol. The van der Waals surface area contributed by atoms with Crippen molar-refractivity contribution in [1.29, 1.82) is 0 Å². The Morgan fingerprint density at radius 2 is 1.90 bits per heavy atom. The normalized spacial score (nSPS) is 14.2. The first-order valence-corrected chi connectivity index (χ1v) is 10.9. The van der Waals surface area contributed by atoms with Gasteiger partial charge in [0.25, 0.3) is 13.9 Å². The van der Waals surface area contributed by atoms with Crippen LogP contribution in [0.25, 0.3) is 22.3 Å². The van der Waals surface area contributed by atoms with E-state index in [1.807, 2.05) is 0 Å². The number of benzene rings is 2. The van der Waals surface area contributed by atoms with Crippen LogP contribution in [0.1, 0.15) is 34.7 Å². The quantitative estimate of drug-likeness (QED) is 0.652. The van der Waals surface area contributed by atoms with E-state index in [-0.39, 0.29) is 17.6 Å². The second kappa shape index (κ2) is 6.91. The Balaban J connectivity index is 2.00. The van der Waals surface area contributed by atoms with Crippen molar-refractivity contribution in [2.45, 2.75) is 18.8 Å². The smallest absolute Gasteiger partial charge is 0.255 e. The monoisotopic (exact) mass is 412 g/mol. The van der Waals surface area contributed by atoms with Crippen LogP contribution in [0, 0.1) is 5.82 Å². The Labute approximate surface area is 169 Å². The van der Waals surface area contributed by atoms with Crippen LogP contribution in [0.2, 0.25) is 0 Å². The summed E-state index contributed by atoms with van der Waals surface area (Å²) >= 11 is 0. The number of hydrogen-bond donors (Lipinski definition) is 1. The van der Waals surface area contributed by atoms with Gasteiger partial charge in [0.15, 0.2) is 0 Å². The third kappa shape index (κ3) is 3.50. The van der Waals surface area contributed by atoms with Crippen molar-refractivity contribution in [1.82, 2.24) is 5.32 Å². The summed E-state index contributed by atoms with van der Waals surface area (Å²) in [6, 6.07) is 8.92. The Morgan fingerprint density at radius 3 is 2.45 bits per heavy atom. The zero-order valence-electron chi connectivity index (χ0n) is 15.9. The molecule has 1 heterocycles. The SMILES string of the molecule is [B]N(c1cc2oc(-c3ccc(F)cc3)c(C(=O)NC)c2cc1C1CC1)S(C)(=O)=O. The third-order valence-corrected chi connectivity index (χ3v) is 5.92. The van der Waals surface area contributed by atoms with Crippen LogP contribution in [0.4, 0.5) is 10.1 Å². The van der Waals surface area contributed by atoms with Crippen molar-refractivity contribution < 1.29 is 22.0 Å². The number of amides is 1. The highest BCUT2D eigenvalue weighted by Crippen LogP contribution is 2.47. The molecule has 2 radical (unpaired) electrons. The van der Waals surface area contributed by atoms with Gasteiger partial charge in [-0.25, -0.2) is 12.8 Å². The average molecular weight is 412 g/mol. The molecule has 1 amide bonds. The molecule has 6 nitrogen and oxygen atoms in total. The largest absolute Gasteiger partial charge is 0.455 e. The summed E-state index contributed by atoms with van der Waals surface area (Å²) in [6.07, 6.45) is 2.85. The van der Waals surface area contributed by atoms with Crippen molar-refractivity contribution in [3.63, 3.8) is 0 Å². The van der Waals surface area contributed by atoms with Gasteiger partial charge in [-0.2, -0.15) is 0 Å². The molecule has 1 saturated carbocycles. The molecule has 0 saturated heterocycles. The van der Waals surface area contributed by atoms with Crippen molar-refractivity contribution in [2.75, 3.05) is 17.5 Å². The molecule has 0 atom stereocenters. The number of anilines is 1. The standard InChI is InChI=1S/C20H18BFN2O4S/c1-23-20(25)18-15-9-14(11-3-4-11)16(24(21)29(2,26)27)10-17(15)28-19(18)12-5-7-13(22)8-6-12/h5-11H,3-4H2,1-2H3,(H,23,25). The van der Waals surface area contributed by atoms with Gasteiger partial charge in [0.05, 0.1) is 11.8 Å². The van der Waals surface area contributed by atoms with Gasteiger partial charge in [-0.3, -0.25) is 4.79 Å². The van der Waals surface area contributed by atoms with Gasteiger partial charge in [-0.1, -0.05) is 0 Å². The second-order valence-corrected chi connectivity index (χ2v) is 8.99. The molecule has 0 bridgehead atoms. The van der Waals surface area contributed by atoms with Crippen molar-refractivity contribution in [2.24, 2.45) is 0 Å². The molecule has 0 aliphatic heterocycles. The van der Waals surface area contributed by atoms with E-state index < -0.39 is 15.8 Å². The number of fused-ring (bicyclic) bond motifs is 1. The fourth-order valence-corrected chi connectivity index (χ4v) is 3.91. The summed E-state index contributed by atoms with van der Waals surface area (Å²) in [4.78, 5) is 12.6. The molecular weight excluding hydrogens is 394 g/mol. The van der Waals surface area contributed by atoms with Crippen LogP contribution in [-0.4, -0.2) is 35.6 Å². The molecule has 3 aromatic rings. The van der Waals surface area contributed by atoms with Crippen molar-refractivity contribution in [3.8, 4) is 11.3 Å². The maximum absolute atomic E-state index is 13.3. The van der Waals surface area contributed by atoms with E-state index in [9.17, 15) is 17.6 Å². The van der Waals surface area contributed by atoms with Gasteiger partial charge >= 0.3 is 0 Å². The summed E-state index contributed by atoms with van der Waals surface area (Å²) in [5.74, 6) is -0.313. The second-order valence-electron chi connectivity index (χ2n) is 7.13. The highest BCUT2D eigenvalue weighted by Gasteiger charge is 2.31. The molecule has 29 heavy (non-hydrogen) atoms. The summed E-state index contributed by atoms with van der Waals surface area (Å²) in [7, 11) is 3.70. The number of carbonyl (C=O) groups excluding carboxylic acids is 1. The highest BCUT2D eigenvalue weighted by molar-refractivity contribution is 7.93. The first-order valence-electron chi connectivity index (χ1n) is 9.04. The molecule has 9 heteroatoms. The number of carbonyl (C=O) groups is 1. The Morgan fingerprint density at radius 1 is 1.24 bits per heavy atom. The van der Waals surface area contributed by atoms with E-state index >= 15 is 0 Å². The van der Waals surface area contributed by atoms with E-state index in [0.717, 1.165) is 28.9 Å². The zero-order valence-corrected chi connectivity index (χ0v) is 16.7. The van der Waals surface area contributed by atoms with Gasteiger partial charge in [-0.05, 0) is 54.7 Å². The lowest BCUT2D eigenvalue weighted by molar-refractivity contribution is 0.0964. The summed E-state index contributed by atoms with van der Waals surface area (Å²) in [6.45, 7) is 0. The Hall–Kier alpha value is -2.81. The molecule has 2 aromatic carbocycles. The molecule has 4 rings (SSSR count). The van der Waals surface area contributed by atoms with Crippen molar-refractivity contribution in [3.05, 3.63) is 53.3 Å². The van der Waals surface area contributed by atoms with Gasteiger partial charge in [-0.15, -0.1) is 0 Å². The highest BCUT2D eigenvalue weighted by atomic mass is 32.2. The molecule has 0 unspecified atom stereocenters. The molecule has 1 aliphatic carbocycles. The van der Waals surface area contributed by atoms with Crippen LogP contribution in [0.15, 0.2) is 40.8 Å². The number of rotatable bonds is 5. The van der Waals surface area contributed by atoms with Crippen LogP contribution in [0.3, 0.4) is 0 Å². The molecule has 1 aliphatic rings. The number of furan rings is 1. The van der Waals surface area contributed by atoms with Gasteiger partial charge in [0.1, 0.15) is 17.2 Å². The van der Waals surface area contributed by atoms with Crippen LogP contribution in [-0.2, 0) is 10.0 Å².